The summed E-state index contributed by atoms with van der Waals surface area (Å²) in [5.41, 5.74) is 0. The molecule has 0 radical (unpaired) electrons. The van der Waals surface area contributed by atoms with Crippen molar-refractivity contribution in [2.45, 2.75) is 44.3 Å². The minimum atomic E-state index is 0.0639. The second kappa shape index (κ2) is 5.10. The molecule has 5 nitrogen and oxygen atoms in total. The van der Waals surface area contributed by atoms with Gasteiger partial charge in [-0.3, -0.25) is 4.79 Å². The SMILES string of the molecule is O=C1C(NC2CC2)CCCN1CCn1ccnc1. The largest absolute Gasteiger partial charge is 0.340 e. The minimum absolute atomic E-state index is 0.0639. The van der Waals surface area contributed by atoms with E-state index in [1.54, 1.807) is 12.5 Å². The highest BCUT2D eigenvalue weighted by molar-refractivity contribution is 5.82. The van der Waals surface area contributed by atoms with Crippen LogP contribution in [0.5, 0.6) is 0 Å². The summed E-state index contributed by atoms with van der Waals surface area (Å²) in [7, 11) is 0. The van der Waals surface area contributed by atoms with E-state index in [0.29, 0.717) is 6.04 Å². The molecule has 0 aromatic carbocycles. The van der Waals surface area contributed by atoms with Crippen LogP contribution in [0.1, 0.15) is 25.7 Å². The van der Waals surface area contributed by atoms with Crippen molar-refractivity contribution < 1.29 is 4.79 Å². The van der Waals surface area contributed by atoms with Crippen molar-refractivity contribution in [3.8, 4) is 0 Å². The average molecular weight is 248 g/mol. The van der Waals surface area contributed by atoms with Crippen LogP contribution in [0.15, 0.2) is 18.7 Å². The summed E-state index contributed by atoms with van der Waals surface area (Å²) >= 11 is 0. The first-order valence-electron chi connectivity index (χ1n) is 6.83. The third kappa shape index (κ3) is 2.72. The van der Waals surface area contributed by atoms with Crippen molar-refractivity contribution >= 4 is 5.91 Å². The maximum Gasteiger partial charge on any atom is 0.239 e. The molecule has 2 heterocycles. The summed E-state index contributed by atoms with van der Waals surface area (Å²) in [6.07, 6.45) is 10.1. The Morgan fingerprint density at radius 2 is 2.22 bits per heavy atom. The fourth-order valence-corrected chi connectivity index (χ4v) is 2.51. The molecule has 0 spiro atoms. The van der Waals surface area contributed by atoms with Crippen LogP contribution in [0.2, 0.25) is 0 Å². The van der Waals surface area contributed by atoms with E-state index in [-0.39, 0.29) is 11.9 Å². The Hall–Kier alpha value is -1.36. The maximum atomic E-state index is 12.3. The van der Waals surface area contributed by atoms with Gasteiger partial charge in [0.2, 0.25) is 5.91 Å². The molecular formula is C13H20N4O. The van der Waals surface area contributed by atoms with Crippen LogP contribution < -0.4 is 5.32 Å². The summed E-state index contributed by atoms with van der Waals surface area (Å²) < 4.78 is 2.02. The van der Waals surface area contributed by atoms with Gasteiger partial charge in [0.15, 0.2) is 0 Å². The smallest absolute Gasteiger partial charge is 0.239 e. The van der Waals surface area contributed by atoms with Crippen molar-refractivity contribution in [3.05, 3.63) is 18.7 Å². The van der Waals surface area contributed by atoms with Gasteiger partial charge in [0.1, 0.15) is 0 Å². The molecular weight excluding hydrogens is 228 g/mol. The van der Waals surface area contributed by atoms with Crippen LogP contribution in [-0.2, 0) is 11.3 Å². The van der Waals surface area contributed by atoms with Crippen molar-refractivity contribution in [1.82, 2.24) is 19.8 Å². The predicted octanol–water partition coefficient (Wildman–Crippen LogP) is 0.626. The van der Waals surface area contributed by atoms with E-state index in [4.69, 9.17) is 0 Å². The highest BCUT2D eigenvalue weighted by atomic mass is 16.2. The van der Waals surface area contributed by atoms with Gasteiger partial charge >= 0.3 is 0 Å². The molecule has 1 N–H and O–H groups in total. The van der Waals surface area contributed by atoms with Gasteiger partial charge in [-0.05, 0) is 25.7 Å². The molecule has 1 aromatic heterocycles. The second-order valence-electron chi connectivity index (χ2n) is 5.26. The van der Waals surface area contributed by atoms with Crippen molar-refractivity contribution in [3.63, 3.8) is 0 Å². The van der Waals surface area contributed by atoms with Gasteiger partial charge in [0, 0.05) is 38.1 Å². The Kier molecular flexibility index (Phi) is 3.32. The summed E-state index contributed by atoms with van der Waals surface area (Å²) in [6, 6.07) is 0.668. The van der Waals surface area contributed by atoms with Crippen molar-refractivity contribution in [2.24, 2.45) is 0 Å². The number of aromatic nitrogens is 2. The molecule has 1 amide bonds. The van der Waals surface area contributed by atoms with E-state index in [9.17, 15) is 4.79 Å². The number of rotatable bonds is 5. The van der Waals surface area contributed by atoms with E-state index in [2.05, 4.69) is 10.3 Å². The Morgan fingerprint density at radius 1 is 1.33 bits per heavy atom. The molecule has 1 atom stereocenters. The first-order chi connectivity index (χ1) is 8.83. The second-order valence-corrected chi connectivity index (χ2v) is 5.26. The lowest BCUT2D eigenvalue weighted by Crippen LogP contribution is -2.51. The summed E-state index contributed by atoms with van der Waals surface area (Å²) in [6.45, 7) is 2.52. The number of carbonyl (C=O) groups is 1. The normalized spacial score (nSPS) is 24.6. The first kappa shape index (κ1) is 11.7. The van der Waals surface area contributed by atoms with Crippen LogP contribution in [0.25, 0.3) is 0 Å². The number of nitrogens with one attached hydrogen (secondary N) is 1. The summed E-state index contributed by atoms with van der Waals surface area (Å²) in [5.74, 6) is 0.285. The number of carbonyl (C=O) groups excluding carboxylic acids is 1. The van der Waals surface area contributed by atoms with E-state index < -0.39 is 0 Å². The molecule has 0 bridgehead atoms. The van der Waals surface area contributed by atoms with Gasteiger partial charge in [0.05, 0.1) is 12.4 Å². The van der Waals surface area contributed by atoms with Gasteiger partial charge < -0.3 is 14.8 Å². The number of amides is 1. The van der Waals surface area contributed by atoms with Gasteiger partial charge in [-0.25, -0.2) is 4.98 Å². The molecule has 5 heteroatoms. The zero-order valence-corrected chi connectivity index (χ0v) is 10.6. The lowest BCUT2D eigenvalue weighted by Gasteiger charge is -2.33. The molecule has 1 saturated heterocycles. The number of likely N-dealkylation sites (tertiary alicyclic amines) is 1. The molecule has 1 aliphatic carbocycles. The highest BCUT2D eigenvalue weighted by Crippen LogP contribution is 2.22. The lowest BCUT2D eigenvalue weighted by molar-refractivity contribution is -0.136. The summed E-state index contributed by atoms with van der Waals surface area (Å²) in [5, 5.41) is 3.46. The van der Waals surface area contributed by atoms with Crippen LogP contribution in [0, 0.1) is 0 Å². The van der Waals surface area contributed by atoms with Crippen molar-refractivity contribution in [1.29, 1.82) is 0 Å². The van der Waals surface area contributed by atoms with Crippen LogP contribution >= 0.6 is 0 Å². The third-order valence-electron chi connectivity index (χ3n) is 3.73. The van der Waals surface area contributed by atoms with Gasteiger partial charge in [0.25, 0.3) is 0 Å². The topological polar surface area (TPSA) is 50.2 Å². The molecule has 2 fully saturated rings. The van der Waals surface area contributed by atoms with E-state index in [0.717, 1.165) is 32.5 Å². The Labute approximate surface area is 107 Å². The molecule has 1 unspecified atom stereocenters. The standard InChI is InChI=1S/C13H20N4O/c18-13-12(15-11-3-4-11)2-1-6-17(13)9-8-16-7-5-14-10-16/h5,7,10-12,15H,1-4,6,8-9H2. The van der Waals surface area contributed by atoms with E-state index in [1.807, 2.05) is 15.7 Å². The van der Waals surface area contributed by atoms with Crippen LogP contribution in [0.3, 0.4) is 0 Å². The molecule has 98 valence electrons. The number of hydrogen-bond acceptors (Lipinski definition) is 3. The van der Waals surface area contributed by atoms with Crippen LogP contribution in [-0.4, -0.2) is 45.5 Å². The van der Waals surface area contributed by atoms with Gasteiger partial charge in [-0.1, -0.05) is 0 Å². The van der Waals surface area contributed by atoms with E-state index in [1.165, 1.54) is 12.8 Å². The monoisotopic (exact) mass is 248 g/mol. The Balaban J connectivity index is 1.52. The molecule has 18 heavy (non-hydrogen) atoms. The third-order valence-corrected chi connectivity index (χ3v) is 3.73. The maximum absolute atomic E-state index is 12.3. The molecule has 1 saturated carbocycles. The number of nitrogens with zero attached hydrogens (tertiary/aromatic N) is 3. The minimum Gasteiger partial charge on any atom is -0.340 e. The lowest BCUT2D eigenvalue weighted by atomic mass is 10.0. The fraction of sp³-hybridized carbons (Fsp3) is 0.692. The zero-order chi connectivity index (χ0) is 12.4. The summed E-state index contributed by atoms with van der Waals surface area (Å²) in [4.78, 5) is 18.3. The quantitative estimate of drug-likeness (QED) is 0.831. The molecule has 3 rings (SSSR count). The molecule has 1 aliphatic heterocycles. The number of piperidine rings is 1. The van der Waals surface area contributed by atoms with Gasteiger partial charge in [-0.2, -0.15) is 0 Å². The highest BCUT2D eigenvalue weighted by Gasteiger charge is 2.32. The first-order valence-corrected chi connectivity index (χ1v) is 6.83. The molecule has 2 aliphatic rings. The van der Waals surface area contributed by atoms with Crippen molar-refractivity contribution in [2.75, 3.05) is 13.1 Å². The predicted molar refractivity (Wildman–Crippen MR) is 68.0 cm³/mol. The molecule has 1 aromatic rings. The average Bonchev–Trinajstić information content (AvgIpc) is 3.04. The number of imidazole rings is 1. The zero-order valence-electron chi connectivity index (χ0n) is 10.6. The Bertz CT molecular complexity index is 399. The van der Waals surface area contributed by atoms with Gasteiger partial charge in [-0.15, -0.1) is 0 Å². The number of hydrogen-bond donors (Lipinski definition) is 1. The van der Waals surface area contributed by atoms with E-state index >= 15 is 0 Å². The van der Waals surface area contributed by atoms with Crippen LogP contribution in [0.4, 0.5) is 0 Å². The fourth-order valence-electron chi connectivity index (χ4n) is 2.51. The Morgan fingerprint density at radius 3 is 2.94 bits per heavy atom.